The molecule has 0 aliphatic heterocycles. The van der Waals surface area contributed by atoms with E-state index in [1.807, 2.05) is 0 Å². The Morgan fingerprint density at radius 2 is 1.75 bits per heavy atom. The summed E-state index contributed by atoms with van der Waals surface area (Å²) in [7, 11) is 0. The van der Waals surface area contributed by atoms with Gasteiger partial charge in [-0.05, 0) is 29.3 Å². The Bertz CT molecular complexity index is 577. The molecule has 2 rings (SSSR count). The number of hydrogen-bond donors (Lipinski definition) is 1. The van der Waals surface area contributed by atoms with Crippen molar-refractivity contribution in [3.05, 3.63) is 33.3 Å². The quantitative estimate of drug-likeness (QED) is 0.790. The summed E-state index contributed by atoms with van der Waals surface area (Å²) in [6.07, 6.45) is 1.37. The molecule has 7 nitrogen and oxygen atoms in total. The molecule has 2 heterocycles. The fourth-order valence-electron chi connectivity index (χ4n) is 0.992. The second-order valence-corrected chi connectivity index (χ2v) is 3.35. The minimum Gasteiger partial charge on any atom is -0.383 e. The van der Waals surface area contributed by atoms with Gasteiger partial charge in [-0.25, -0.2) is 9.36 Å². The maximum atomic E-state index is 11.4. The van der Waals surface area contributed by atoms with Gasteiger partial charge < -0.3 is 5.73 Å². The molecular formula is C7H4Cl2N6O. The molecular weight excluding hydrogens is 255 g/mol. The second-order valence-electron chi connectivity index (χ2n) is 2.68. The summed E-state index contributed by atoms with van der Waals surface area (Å²) in [5, 5.41) is -0.225. The summed E-state index contributed by atoms with van der Waals surface area (Å²) >= 11 is 11.2. The zero-order chi connectivity index (χ0) is 11.7. The van der Waals surface area contributed by atoms with Crippen LogP contribution in [0.2, 0.25) is 10.6 Å². The molecule has 0 atom stereocenters. The van der Waals surface area contributed by atoms with Gasteiger partial charge in [0.1, 0.15) is 5.82 Å². The third kappa shape index (κ3) is 2.10. The van der Waals surface area contributed by atoms with E-state index in [1.54, 1.807) is 0 Å². The van der Waals surface area contributed by atoms with Gasteiger partial charge in [-0.1, -0.05) is 0 Å². The number of aromatic nitrogens is 5. The number of halogens is 2. The van der Waals surface area contributed by atoms with Crippen LogP contribution in [0.3, 0.4) is 0 Å². The Morgan fingerprint density at radius 1 is 1.12 bits per heavy atom. The largest absolute Gasteiger partial charge is 0.383 e. The first-order valence-corrected chi connectivity index (χ1v) is 4.74. The smallest absolute Gasteiger partial charge is 0.356 e. The molecule has 0 spiro atoms. The predicted octanol–water partition coefficient (Wildman–Crippen LogP) is 0.306. The molecule has 2 aromatic heterocycles. The Hall–Kier alpha value is -1.73. The van der Waals surface area contributed by atoms with Crippen molar-refractivity contribution in [1.82, 2.24) is 24.5 Å². The minimum atomic E-state index is -0.627. The van der Waals surface area contributed by atoms with Crippen LogP contribution < -0.4 is 11.4 Å². The molecule has 82 valence electrons. The molecule has 9 heteroatoms. The number of anilines is 1. The third-order valence-electron chi connectivity index (χ3n) is 1.61. The molecule has 0 saturated heterocycles. The van der Waals surface area contributed by atoms with Gasteiger partial charge in [-0.3, -0.25) is 0 Å². The molecule has 0 saturated carbocycles. The van der Waals surface area contributed by atoms with Crippen molar-refractivity contribution in [1.29, 1.82) is 0 Å². The standard InChI is InChI=1S/C7H4Cl2N6O/c8-4-12-5(9)14-6(13-4)15-2-1-3(10)11-7(15)16/h1-2H,(H2,10,11,16). The van der Waals surface area contributed by atoms with Crippen LogP contribution in [0.25, 0.3) is 5.95 Å². The molecule has 0 aromatic carbocycles. The SMILES string of the molecule is Nc1ccn(-c2nc(Cl)nc(Cl)n2)c(=O)n1. The second kappa shape index (κ2) is 4.03. The average Bonchev–Trinajstić information content (AvgIpc) is 2.15. The summed E-state index contributed by atoms with van der Waals surface area (Å²) in [4.78, 5) is 26.0. The van der Waals surface area contributed by atoms with Gasteiger partial charge in [-0.2, -0.15) is 19.9 Å². The lowest BCUT2D eigenvalue weighted by molar-refractivity contribution is 0.830. The van der Waals surface area contributed by atoms with Crippen LogP contribution in [0.5, 0.6) is 0 Å². The summed E-state index contributed by atoms with van der Waals surface area (Å²) in [5.74, 6) is 0.0926. The Labute approximate surface area is 98.9 Å². The molecule has 2 aromatic rings. The van der Waals surface area contributed by atoms with E-state index in [-0.39, 0.29) is 22.3 Å². The number of rotatable bonds is 1. The molecule has 0 amide bonds. The van der Waals surface area contributed by atoms with Crippen molar-refractivity contribution in [3.63, 3.8) is 0 Å². The summed E-state index contributed by atoms with van der Waals surface area (Å²) in [5.41, 5.74) is 4.71. The Morgan fingerprint density at radius 3 is 2.31 bits per heavy atom. The van der Waals surface area contributed by atoms with Crippen molar-refractivity contribution in [3.8, 4) is 5.95 Å². The zero-order valence-corrected chi connectivity index (χ0v) is 9.14. The summed E-state index contributed by atoms with van der Waals surface area (Å²) in [6, 6.07) is 1.42. The highest BCUT2D eigenvalue weighted by atomic mass is 35.5. The molecule has 2 N–H and O–H groups in total. The van der Waals surface area contributed by atoms with E-state index in [9.17, 15) is 4.79 Å². The van der Waals surface area contributed by atoms with E-state index in [1.165, 1.54) is 12.3 Å². The van der Waals surface area contributed by atoms with Crippen molar-refractivity contribution in [2.45, 2.75) is 0 Å². The highest BCUT2D eigenvalue weighted by molar-refractivity contribution is 6.31. The van der Waals surface area contributed by atoms with Crippen molar-refractivity contribution in [2.75, 3.05) is 5.73 Å². The monoisotopic (exact) mass is 258 g/mol. The van der Waals surface area contributed by atoms with E-state index in [0.29, 0.717) is 0 Å². The Balaban J connectivity index is 2.63. The minimum absolute atomic E-state index is 0.0116. The van der Waals surface area contributed by atoms with Crippen LogP contribution in [0.15, 0.2) is 17.1 Å². The molecule has 0 bridgehead atoms. The normalized spacial score (nSPS) is 10.4. The van der Waals surface area contributed by atoms with Crippen LogP contribution >= 0.6 is 23.2 Å². The van der Waals surface area contributed by atoms with Crippen LogP contribution in [0, 0.1) is 0 Å². The van der Waals surface area contributed by atoms with E-state index >= 15 is 0 Å². The van der Waals surface area contributed by atoms with Crippen molar-refractivity contribution >= 4 is 29.0 Å². The molecule has 0 radical (unpaired) electrons. The van der Waals surface area contributed by atoms with Crippen LogP contribution in [0.4, 0.5) is 5.82 Å². The van der Waals surface area contributed by atoms with E-state index < -0.39 is 5.69 Å². The number of nitrogens with two attached hydrogens (primary N) is 1. The molecule has 0 unspecified atom stereocenters. The van der Waals surface area contributed by atoms with Crippen LogP contribution in [-0.4, -0.2) is 24.5 Å². The van der Waals surface area contributed by atoms with Crippen molar-refractivity contribution < 1.29 is 0 Å². The maximum absolute atomic E-state index is 11.4. The zero-order valence-electron chi connectivity index (χ0n) is 7.63. The topological polar surface area (TPSA) is 99.6 Å². The summed E-state index contributed by atoms with van der Waals surface area (Å²) < 4.78 is 1.05. The molecule has 0 fully saturated rings. The first kappa shape index (κ1) is 10.8. The maximum Gasteiger partial charge on any atom is 0.356 e. The third-order valence-corrected chi connectivity index (χ3v) is 1.95. The lowest BCUT2D eigenvalue weighted by atomic mass is 10.6. The highest BCUT2D eigenvalue weighted by Gasteiger charge is 2.07. The van der Waals surface area contributed by atoms with Gasteiger partial charge in [-0.15, -0.1) is 0 Å². The van der Waals surface area contributed by atoms with Crippen molar-refractivity contribution in [2.24, 2.45) is 0 Å². The fraction of sp³-hybridized carbons (Fsp3) is 0. The summed E-state index contributed by atoms with van der Waals surface area (Å²) in [6.45, 7) is 0. The number of hydrogen-bond acceptors (Lipinski definition) is 6. The van der Waals surface area contributed by atoms with Gasteiger partial charge in [0.25, 0.3) is 0 Å². The Kier molecular flexibility index (Phi) is 2.71. The molecule has 16 heavy (non-hydrogen) atoms. The van der Waals surface area contributed by atoms with Gasteiger partial charge in [0.2, 0.25) is 16.5 Å². The average molecular weight is 259 g/mol. The van der Waals surface area contributed by atoms with Gasteiger partial charge in [0.15, 0.2) is 0 Å². The molecule has 0 aliphatic rings. The van der Waals surface area contributed by atoms with Gasteiger partial charge >= 0.3 is 5.69 Å². The van der Waals surface area contributed by atoms with E-state index in [2.05, 4.69) is 19.9 Å². The first-order chi connectivity index (χ1) is 7.56. The highest BCUT2D eigenvalue weighted by Crippen LogP contribution is 2.08. The fourth-order valence-corrected chi connectivity index (χ4v) is 1.35. The predicted molar refractivity (Wildman–Crippen MR) is 57.7 cm³/mol. The lowest BCUT2D eigenvalue weighted by Gasteiger charge is -2.02. The lowest BCUT2D eigenvalue weighted by Crippen LogP contribution is -2.23. The number of nitrogen functional groups attached to an aromatic ring is 1. The number of nitrogens with zero attached hydrogens (tertiary/aromatic N) is 5. The van der Waals surface area contributed by atoms with E-state index in [0.717, 1.165) is 4.57 Å². The van der Waals surface area contributed by atoms with Crippen LogP contribution in [-0.2, 0) is 0 Å². The van der Waals surface area contributed by atoms with Crippen LogP contribution in [0.1, 0.15) is 0 Å². The first-order valence-electron chi connectivity index (χ1n) is 3.99. The van der Waals surface area contributed by atoms with Gasteiger partial charge in [0, 0.05) is 6.20 Å². The van der Waals surface area contributed by atoms with E-state index in [4.69, 9.17) is 28.9 Å². The molecule has 0 aliphatic carbocycles. The van der Waals surface area contributed by atoms with Gasteiger partial charge in [0.05, 0.1) is 0 Å².